The lowest BCUT2D eigenvalue weighted by atomic mass is 9.72. The Kier molecular flexibility index (Phi) is 4.04. The molecule has 1 aliphatic heterocycles. The standard InChI is InChI=1S/C14H14F3NO4/c15-14(16,17)10-3-1-2-9(8-10)13(11(19)20)4-6-18(7-5-13)12(21)22/h1-3,8H,4-7H2,(H,19,20)(H,21,22). The van der Waals surface area contributed by atoms with Crippen LogP contribution in [-0.4, -0.2) is 40.3 Å². The van der Waals surface area contributed by atoms with Crippen LogP contribution in [0.3, 0.4) is 0 Å². The van der Waals surface area contributed by atoms with Crippen LogP contribution in [-0.2, 0) is 16.4 Å². The molecule has 1 heterocycles. The van der Waals surface area contributed by atoms with E-state index in [1.807, 2.05) is 0 Å². The van der Waals surface area contributed by atoms with Crippen molar-refractivity contribution in [1.29, 1.82) is 0 Å². The molecule has 1 fully saturated rings. The fourth-order valence-electron chi connectivity index (χ4n) is 2.70. The zero-order valence-corrected chi connectivity index (χ0v) is 11.4. The van der Waals surface area contributed by atoms with E-state index in [2.05, 4.69) is 0 Å². The lowest BCUT2D eigenvalue weighted by molar-refractivity contribution is -0.146. The maximum Gasteiger partial charge on any atom is 0.416 e. The number of carboxylic acid groups (broad SMARTS) is 2. The molecule has 1 aromatic rings. The van der Waals surface area contributed by atoms with Gasteiger partial charge in [-0.15, -0.1) is 0 Å². The minimum Gasteiger partial charge on any atom is -0.481 e. The second kappa shape index (κ2) is 5.51. The molecular formula is C14H14F3NO4. The predicted molar refractivity (Wildman–Crippen MR) is 69.6 cm³/mol. The maximum absolute atomic E-state index is 12.8. The van der Waals surface area contributed by atoms with Crippen molar-refractivity contribution in [3.05, 3.63) is 35.4 Å². The first-order valence-corrected chi connectivity index (χ1v) is 6.56. The number of benzene rings is 1. The summed E-state index contributed by atoms with van der Waals surface area (Å²) in [5.74, 6) is -1.24. The minimum absolute atomic E-state index is 0.0299. The summed E-state index contributed by atoms with van der Waals surface area (Å²) in [6, 6.07) is 4.24. The molecule has 0 saturated carbocycles. The van der Waals surface area contributed by atoms with Crippen LogP contribution < -0.4 is 0 Å². The van der Waals surface area contributed by atoms with Gasteiger partial charge in [0, 0.05) is 13.1 Å². The first-order chi connectivity index (χ1) is 10.2. The van der Waals surface area contributed by atoms with Crippen LogP contribution in [0.1, 0.15) is 24.0 Å². The Bertz CT molecular complexity index is 592. The lowest BCUT2D eigenvalue weighted by Crippen LogP contribution is -2.48. The molecule has 1 saturated heterocycles. The van der Waals surface area contributed by atoms with Crippen molar-refractivity contribution in [3.8, 4) is 0 Å². The van der Waals surface area contributed by atoms with Gasteiger partial charge in [0.1, 0.15) is 0 Å². The van der Waals surface area contributed by atoms with E-state index in [1.54, 1.807) is 0 Å². The van der Waals surface area contributed by atoms with Gasteiger partial charge in [-0.25, -0.2) is 4.79 Å². The number of halogens is 3. The third-order valence-corrected chi connectivity index (χ3v) is 4.04. The molecular weight excluding hydrogens is 303 g/mol. The van der Waals surface area contributed by atoms with E-state index in [4.69, 9.17) is 5.11 Å². The van der Waals surface area contributed by atoms with Crippen molar-refractivity contribution in [2.45, 2.75) is 24.4 Å². The van der Waals surface area contributed by atoms with E-state index in [1.165, 1.54) is 12.1 Å². The Morgan fingerprint density at radius 3 is 2.18 bits per heavy atom. The molecule has 0 aliphatic carbocycles. The number of likely N-dealkylation sites (tertiary alicyclic amines) is 1. The predicted octanol–water partition coefficient (Wildman–Crippen LogP) is 2.80. The molecule has 2 rings (SSSR count). The van der Waals surface area contributed by atoms with E-state index in [9.17, 15) is 27.9 Å². The Hall–Kier alpha value is -2.25. The van der Waals surface area contributed by atoms with Gasteiger partial charge in [-0.2, -0.15) is 13.2 Å². The summed E-state index contributed by atoms with van der Waals surface area (Å²) >= 11 is 0. The van der Waals surface area contributed by atoms with Crippen LogP contribution in [0.2, 0.25) is 0 Å². The molecule has 1 aliphatic rings. The fraction of sp³-hybridized carbons (Fsp3) is 0.429. The average molecular weight is 317 g/mol. The molecule has 0 radical (unpaired) electrons. The van der Waals surface area contributed by atoms with Gasteiger partial charge in [-0.1, -0.05) is 18.2 Å². The monoisotopic (exact) mass is 317 g/mol. The Labute approximate surface area is 124 Å². The summed E-state index contributed by atoms with van der Waals surface area (Å²) in [6.07, 6.45) is -5.84. The minimum atomic E-state index is -4.56. The molecule has 0 spiro atoms. The van der Waals surface area contributed by atoms with E-state index in [0.29, 0.717) is 0 Å². The van der Waals surface area contributed by atoms with Gasteiger partial charge in [0.2, 0.25) is 0 Å². The molecule has 0 aromatic heterocycles. The van der Waals surface area contributed by atoms with E-state index >= 15 is 0 Å². The van der Waals surface area contributed by atoms with Crippen LogP contribution in [0, 0.1) is 0 Å². The van der Waals surface area contributed by atoms with E-state index in [-0.39, 0.29) is 31.5 Å². The summed E-state index contributed by atoms with van der Waals surface area (Å²) in [4.78, 5) is 23.6. The number of aliphatic carboxylic acids is 1. The Balaban J connectivity index is 2.38. The quantitative estimate of drug-likeness (QED) is 0.879. The third kappa shape index (κ3) is 2.86. The van der Waals surface area contributed by atoms with Gasteiger partial charge in [-0.05, 0) is 24.5 Å². The van der Waals surface area contributed by atoms with Crippen molar-refractivity contribution >= 4 is 12.1 Å². The number of rotatable bonds is 2. The number of hydrogen-bond donors (Lipinski definition) is 2. The molecule has 8 heteroatoms. The van der Waals surface area contributed by atoms with Crippen LogP contribution in [0.15, 0.2) is 24.3 Å². The van der Waals surface area contributed by atoms with Gasteiger partial charge in [0.05, 0.1) is 11.0 Å². The second-order valence-corrected chi connectivity index (χ2v) is 5.24. The summed E-state index contributed by atoms with van der Waals surface area (Å²) in [7, 11) is 0. The topological polar surface area (TPSA) is 77.8 Å². The Morgan fingerprint density at radius 1 is 1.14 bits per heavy atom. The van der Waals surface area contributed by atoms with Crippen LogP contribution in [0.5, 0.6) is 0 Å². The van der Waals surface area contributed by atoms with Crippen LogP contribution in [0.4, 0.5) is 18.0 Å². The van der Waals surface area contributed by atoms with Crippen molar-refractivity contribution in [3.63, 3.8) is 0 Å². The number of amides is 1. The molecule has 0 unspecified atom stereocenters. The molecule has 120 valence electrons. The SMILES string of the molecule is O=C(O)N1CCC(C(=O)O)(c2cccc(C(F)(F)F)c2)CC1. The number of nitrogens with zero attached hydrogens (tertiary/aromatic N) is 1. The first-order valence-electron chi connectivity index (χ1n) is 6.56. The third-order valence-electron chi connectivity index (χ3n) is 4.04. The molecule has 0 bridgehead atoms. The number of carbonyl (C=O) groups is 2. The van der Waals surface area contributed by atoms with Crippen LogP contribution >= 0.6 is 0 Å². The van der Waals surface area contributed by atoms with Crippen molar-refractivity contribution < 1.29 is 33.0 Å². The van der Waals surface area contributed by atoms with Crippen LogP contribution in [0.25, 0.3) is 0 Å². The molecule has 2 N–H and O–H groups in total. The number of alkyl halides is 3. The van der Waals surface area contributed by atoms with E-state index in [0.717, 1.165) is 17.0 Å². The summed E-state index contributed by atoms with van der Waals surface area (Å²) in [5.41, 5.74) is -2.35. The van der Waals surface area contributed by atoms with Gasteiger partial charge >= 0.3 is 18.2 Å². The molecule has 0 atom stereocenters. The maximum atomic E-state index is 12.8. The fourth-order valence-corrected chi connectivity index (χ4v) is 2.70. The van der Waals surface area contributed by atoms with Crippen molar-refractivity contribution in [2.75, 3.05) is 13.1 Å². The van der Waals surface area contributed by atoms with Gasteiger partial charge < -0.3 is 15.1 Å². The zero-order valence-electron chi connectivity index (χ0n) is 11.4. The normalized spacial score (nSPS) is 18.0. The van der Waals surface area contributed by atoms with E-state index < -0.39 is 29.2 Å². The highest BCUT2D eigenvalue weighted by Gasteiger charge is 2.45. The Morgan fingerprint density at radius 2 is 1.73 bits per heavy atom. The van der Waals surface area contributed by atoms with Crippen molar-refractivity contribution in [2.24, 2.45) is 0 Å². The molecule has 1 amide bonds. The smallest absolute Gasteiger partial charge is 0.416 e. The lowest BCUT2D eigenvalue weighted by Gasteiger charge is -2.38. The molecule has 22 heavy (non-hydrogen) atoms. The second-order valence-electron chi connectivity index (χ2n) is 5.24. The number of piperidine rings is 1. The van der Waals surface area contributed by atoms with Gasteiger partial charge in [-0.3, -0.25) is 4.79 Å². The first kappa shape index (κ1) is 16.1. The van der Waals surface area contributed by atoms with Crippen molar-refractivity contribution in [1.82, 2.24) is 4.90 Å². The average Bonchev–Trinajstić information content (AvgIpc) is 2.46. The number of carboxylic acids is 1. The summed E-state index contributed by atoms with van der Waals surface area (Å²) in [6.45, 7) is -0.0598. The van der Waals surface area contributed by atoms with Gasteiger partial charge in [0.25, 0.3) is 0 Å². The number of hydrogen-bond acceptors (Lipinski definition) is 2. The highest BCUT2D eigenvalue weighted by molar-refractivity contribution is 5.82. The zero-order chi connectivity index (χ0) is 16.5. The molecule has 5 nitrogen and oxygen atoms in total. The summed E-state index contributed by atoms with van der Waals surface area (Å²) in [5, 5.41) is 18.4. The highest BCUT2D eigenvalue weighted by atomic mass is 19.4. The molecule has 1 aromatic carbocycles. The van der Waals surface area contributed by atoms with Gasteiger partial charge in [0.15, 0.2) is 0 Å². The summed E-state index contributed by atoms with van der Waals surface area (Å²) < 4.78 is 38.4. The largest absolute Gasteiger partial charge is 0.481 e. The highest BCUT2D eigenvalue weighted by Crippen LogP contribution is 2.38.